The number of rotatable bonds is 8. The summed E-state index contributed by atoms with van der Waals surface area (Å²) >= 11 is 6.49. The van der Waals surface area contributed by atoms with Crippen molar-refractivity contribution in [3.63, 3.8) is 0 Å². The Kier molecular flexibility index (Phi) is 6.74. The van der Waals surface area contributed by atoms with Crippen LogP contribution in [0.5, 0.6) is 11.5 Å². The van der Waals surface area contributed by atoms with Gasteiger partial charge in [-0.3, -0.25) is 0 Å². The average molecular weight is 417 g/mol. The maximum Gasteiger partial charge on any atom is 0.341 e. The van der Waals surface area contributed by atoms with Crippen molar-refractivity contribution in [1.29, 1.82) is 0 Å². The second-order valence-electron chi connectivity index (χ2n) is 6.10. The van der Waals surface area contributed by atoms with E-state index < -0.39 is 5.97 Å². The number of benzene rings is 2. The van der Waals surface area contributed by atoms with Crippen molar-refractivity contribution >= 4 is 17.6 Å². The molecular formula is C21H21ClN2O5. The van der Waals surface area contributed by atoms with E-state index in [1.165, 1.54) is 21.3 Å². The Labute approximate surface area is 173 Å². The van der Waals surface area contributed by atoms with Gasteiger partial charge in [0.2, 0.25) is 0 Å². The zero-order valence-corrected chi connectivity index (χ0v) is 17.1. The van der Waals surface area contributed by atoms with Crippen molar-refractivity contribution in [2.24, 2.45) is 0 Å². The monoisotopic (exact) mass is 416 g/mol. The molecule has 29 heavy (non-hydrogen) atoms. The lowest BCUT2D eigenvalue weighted by Gasteiger charge is -2.17. The zero-order valence-electron chi connectivity index (χ0n) is 16.3. The maximum atomic E-state index is 12.3. The van der Waals surface area contributed by atoms with Gasteiger partial charge in [0.05, 0.1) is 19.9 Å². The number of carbonyl (C=O) groups is 1. The molecule has 0 aliphatic rings. The van der Waals surface area contributed by atoms with Gasteiger partial charge in [-0.25, -0.2) is 9.48 Å². The lowest BCUT2D eigenvalue weighted by molar-refractivity contribution is 0.0464. The third kappa shape index (κ3) is 4.52. The van der Waals surface area contributed by atoms with Gasteiger partial charge in [-0.05, 0) is 29.8 Å². The standard InChI is InChI=1S/C21H21ClN2O5/c1-26-13-29-20-17(21(25)28-3)12-15(19(27-2)18(20)22)11-14-5-7-16(8-6-14)24-10-4-9-23-24/h4-10,12H,11,13H2,1-3H3. The highest BCUT2D eigenvalue weighted by molar-refractivity contribution is 6.34. The summed E-state index contributed by atoms with van der Waals surface area (Å²) < 4.78 is 22.6. The van der Waals surface area contributed by atoms with Crippen molar-refractivity contribution in [2.75, 3.05) is 28.1 Å². The first-order valence-electron chi connectivity index (χ1n) is 8.77. The molecule has 0 radical (unpaired) electrons. The normalized spacial score (nSPS) is 10.6. The van der Waals surface area contributed by atoms with Crippen LogP contribution < -0.4 is 9.47 Å². The summed E-state index contributed by atoms with van der Waals surface area (Å²) in [7, 11) is 4.29. The first kappa shape index (κ1) is 20.7. The Morgan fingerprint density at radius 1 is 1.14 bits per heavy atom. The molecule has 0 amide bonds. The molecule has 1 heterocycles. The van der Waals surface area contributed by atoms with E-state index in [2.05, 4.69) is 5.10 Å². The molecule has 0 bridgehead atoms. The molecule has 0 spiro atoms. The summed E-state index contributed by atoms with van der Waals surface area (Å²) in [5, 5.41) is 4.41. The number of carbonyl (C=O) groups excluding carboxylic acids is 1. The zero-order chi connectivity index (χ0) is 20.8. The number of ether oxygens (including phenoxy) is 4. The van der Waals surface area contributed by atoms with Gasteiger partial charge in [-0.2, -0.15) is 5.10 Å². The summed E-state index contributed by atoms with van der Waals surface area (Å²) in [6, 6.07) is 11.4. The molecule has 0 aliphatic carbocycles. The van der Waals surface area contributed by atoms with E-state index in [1.807, 2.05) is 36.5 Å². The third-order valence-corrected chi connectivity index (χ3v) is 4.63. The molecule has 1 aromatic heterocycles. The minimum absolute atomic E-state index is 0.0683. The van der Waals surface area contributed by atoms with Crippen molar-refractivity contribution < 1.29 is 23.7 Å². The van der Waals surface area contributed by atoms with Crippen LogP contribution in [0.1, 0.15) is 21.5 Å². The van der Waals surface area contributed by atoms with Gasteiger partial charge in [0.1, 0.15) is 16.3 Å². The number of methoxy groups -OCH3 is 3. The fourth-order valence-corrected chi connectivity index (χ4v) is 3.30. The smallest absolute Gasteiger partial charge is 0.341 e. The number of hydrogen-bond donors (Lipinski definition) is 0. The SMILES string of the molecule is COCOc1c(C(=O)OC)cc(Cc2ccc(-n3cccn3)cc2)c(OC)c1Cl. The Morgan fingerprint density at radius 3 is 2.48 bits per heavy atom. The second kappa shape index (κ2) is 9.45. The van der Waals surface area contributed by atoms with E-state index in [4.69, 9.17) is 30.5 Å². The summed E-state index contributed by atoms with van der Waals surface area (Å²) in [5.41, 5.74) is 2.90. The summed E-state index contributed by atoms with van der Waals surface area (Å²) in [5.74, 6) is 0.0347. The van der Waals surface area contributed by atoms with Crippen molar-refractivity contribution in [1.82, 2.24) is 9.78 Å². The van der Waals surface area contributed by atoms with Crippen LogP contribution in [0.3, 0.4) is 0 Å². The lowest BCUT2D eigenvalue weighted by atomic mass is 10.0. The molecule has 8 heteroatoms. The highest BCUT2D eigenvalue weighted by atomic mass is 35.5. The fourth-order valence-electron chi connectivity index (χ4n) is 2.95. The summed E-state index contributed by atoms with van der Waals surface area (Å²) in [6.45, 7) is -0.0683. The van der Waals surface area contributed by atoms with E-state index in [-0.39, 0.29) is 23.1 Å². The lowest BCUT2D eigenvalue weighted by Crippen LogP contribution is -2.10. The van der Waals surface area contributed by atoms with E-state index >= 15 is 0 Å². The number of aromatic nitrogens is 2. The summed E-state index contributed by atoms with van der Waals surface area (Å²) in [4.78, 5) is 12.3. The third-order valence-electron chi connectivity index (χ3n) is 4.28. The van der Waals surface area contributed by atoms with Crippen LogP contribution in [0, 0.1) is 0 Å². The molecule has 3 aromatic rings. The Balaban J connectivity index is 1.97. The predicted octanol–water partition coefficient (Wildman–Crippen LogP) is 3.89. The Hall–Kier alpha value is -3.03. The van der Waals surface area contributed by atoms with Crippen LogP contribution in [-0.2, 0) is 15.9 Å². The Morgan fingerprint density at radius 2 is 1.90 bits per heavy atom. The molecule has 0 N–H and O–H groups in total. The quantitative estimate of drug-likeness (QED) is 0.409. The van der Waals surface area contributed by atoms with E-state index in [0.29, 0.717) is 12.2 Å². The van der Waals surface area contributed by atoms with Crippen LogP contribution >= 0.6 is 11.6 Å². The maximum absolute atomic E-state index is 12.3. The van der Waals surface area contributed by atoms with Crippen LogP contribution in [-0.4, -0.2) is 43.9 Å². The van der Waals surface area contributed by atoms with Gasteiger partial charge in [-0.1, -0.05) is 23.7 Å². The average Bonchev–Trinajstić information content (AvgIpc) is 3.28. The largest absolute Gasteiger partial charge is 0.495 e. The molecule has 3 rings (SSSR count). The molecular weight excluding hydrogens is 396 g/mol. The molecule has 7 nitrogen and oxygen atoms in total. The van der Waals surface area contributed by atoms with Gasteiger partial charge in [0.15, 0.2) is 12.5 Å². The number of esters is 1. The van der Waals surface area contributed by atoms with Crippen LogP contribution in [0.2, 0.25) is 5.02 Å². The first-order chi connectivity index (χ1) is 14.1. The molecule has 152 valence electrons. The van der Waals surface area contributed by atoms with Crippen molar-refractivity contribution in [2.45, 2.75) is 6.42 Å². The molecule has 0 aliphatic heterocycles. The molecule has 0 atom stereocenters. The van der Waals surface area contributed by atoms with Gasteiger partial charge < -0.3 is 18.9 Å². The summed E-state index contributed by atoms with van der Waals surface area (Å²) in [6.07, 6.45) is 4.10. The fraction of sp³-hybridized carbons (Fsp3) is 0.238. The molecule has 0 saturated carbocycles. The van der Waals surface area contributed by atoms with Gasteiger partial charge in [-0.15, -0.1) is 0 Å². The highest BCUT2D eigenvalue weighted by Crippen LogP contribution is 2.41. The molecule has 2 aromatic carbocycles. The first-order valence-corrected chi connectivity index (χ1v) is 9.15. The van der Waals surface area contributed by atoms with Crippen LogP contribution in [0.15, 0.2) is 48.8 Å². The van der Waals surface area contributed by atoms with Crippen LogP contribution in [0.4, 0.5) is 0 Å². The molecule has 0 saturated heterocycles. The second-order valence-corrected chi connectivity index (χ2v) is 6.47. The van der Waals surface area contributed by atoms with Gasteiger partial charge >= 0.3 is 5.97 Å². The highest BCUT2D eigenvalue weighted by Gasteiger charge is 2.24. The minimum Gasteiger partial charge on any atom is -0.495 e. The topological polar surface area (TPSA) is 71.8 Å². The number of hydrogen-bond acceptors (Lipinski definition) is 6. The number of halogens is 1. The number of nitrogens with zero attached hydrogens (tertiary/aromatic N) is 2. The van der Waals surface area contributed by atoms with Crippen molar-refractivity contribution in [3.05, 3.63) is 70.5 Å². The van der Waals surface area contributed by atoms with Gasteiger partial charge in [0.25, 0.3) is 0 Å². The molecule has 0 fully saturated rings. The molecule has 0 unspecified atom stereocenters. The van der Waals surface area contributed by atoms with E-state index in [9.17, 15) is 4.79 Å². The Bertz CT molecular complexity index is 972. The van der Waals surface area contributed by atoms with Crippen LogP contribution in [0.25, 0.3) is 5.69 Å². The van der Waals surface area contributed by atoms with Gasteiger partial charge in [0, 0.05) is 31.5 Å². The van der Waals surface area contributed by atoms with E-state index in [0.717, 1.165) is 16.8 Å². The van der Waals surface area contributed by atoms with Crippen molar-refractivity contribution in [3.8, 4) is 17.2 Å². The van der Waals surface area contributed by atoms with E-state index in [1.54, 1.807) is 16.9 Å². The minimum atomic E-state index is -0.559. The predicted molar refractivity (Wildman–Crippen MR) is 108 cm³/mol.